The van der Waals surface area contributed by atoms with E-state index in [9.17, 15) is 0 Å². The fourth-order valence-corrected chi connectivity index (χ4v) is 3.19. The van der Waals surface area contributed by atoms with Crippen LogP contribution in [0.2, 0.25) is 0 Å². The van der Waals surface area contributed by atoms with Crippen LogP contribution in [0.5, 0.6) is 0 Å². The number of nitrogens with one attached hydrogen (secondary N) is 1. The van der Waals surface area contributed by atoms with Crippen LogP contribution in [0.25, 0.3) is 0 Å². The second-order valence-corrected chi connectivity index (χ2v) is 6.54. The minimum atomic E-state index is 0.248. The molecule has 1 aromatic rings. The Morgan fingerprint density at radius 1 is 1.45 bits per heavy atom. The molecule has 0 saturated carbocycles. The summed E-state index contributed by atoms with van der Waals surface area (Å²) in [7, 11) is 2.05. The van der Waals surface area contributed by atoms with E-state index in [1.54, 1.807) is 0 Å². The van der Waals surface area contributed by atoms with Gasteiger partial charge in [-0.3, -0.25) is 9.58 Å². The first-order valence-corrected chi connectivity index (χ1v) is 7.96. The molecule has 1 saturated heterocycles. The van der Waals surface area contributed by atoms with Crippen molar-refractivity contribution >= 4 is 0 Å². The van der Waals surface area contributed by atoms with Gasteiger partial charge in [-0.15, -0.1) is 0 Å². The van der Waals surface area contributed by atoms with Gasteiger partial charge in [-0.05, 0) is 32.8 Å². The van der Waals surface area contributed by atoms with Crippen LogP contribution in [0.3, 0.4) is 0 Å². The van der Waals surface area contributed by atoms with E-state index >= 15 is 0 Å². The van der Waals surface area contributed by atoms with Crippen LogP contribution in [0.4, 0.5) is 0 Å². The van der Waals surface area contributed by atoms with E-state index in [4.69, 9.17) is 0 Å². The maximum atomic E-state index is 4.48. The number of aromatic nitrogens is 2. The number of hydrogen-bond donors (Lipinski definition) is 1. The molecule has 1 N–H and O–H groups in total. The van der Waals surface area contributed by atoms with Crippen molar-refractivity contribution in [2.75, 3.05) is 13.1 Å². The van der Waals surface area contributed by atoms with Crippen molar-refractivity contribution in [1.82, 2.24) is 20.0 Å². The molecule has 20 heavy (non-hydrogen) atoms. The van der Waals surface area contributed by atoms with Crippen molar-refractivity contribution < 1.29 is 0 Å². The van der Waals surface area contributed by atoms with Crippen molar-refractivity contribution in [3.8, 4) is 0 Å². The Kier molecular flexibility index (Phi) is 4.86. The van der Waals surface area contributed by atoms with Gasteiger partial charge in [0.15, 0.2) is 0 Å². The van der Waals surface area contributed by atoms with Gasteiger partial charge in [-0.25, -0.2) is 0 Å². The Bertz CT molecular complexity index is 440. The summed E-state index contributed by atoms with van der Waals surface area (Å²) in [6, 6.07) is 2.86. The van der Waals surface area contributed by atoms with Crippen LogP contribution in [0.15, 0.2) is 6.07 Å². The highest BCUT2D eigenvalue weighted by molar-refractivity contribution is 5.09. The summed E-state index contributed by atoms with van der Waals surface area (Å²) in [5.41, 5.74) is 2.68. The molecular weight excluding hydrogens is 248 g/mol. The second-order valence-electron chi connectivity index (χ2n) is 6.54. The molecule has 114 valence electrons. The molecule has 0 amide bonds. The summed E-state index contributed by atoms with van der Waals surface area (Å²) >= 11 is 0. The number of rotatable bonds is 5. The molecule has 2 rings (SSSR count). The number of piperazine rings is 1. The molecule has 1 aliphatic heterocycles. The molecule has 0 aliphatic carbocycles. The summed E-state index contributed by atoms with van der Waals surface area (Å²) in [4.78, 5) is 2.65. The quantitative estimate of drug-likeness (QED) is 0.898. The van der Waals surface area contributed by atoms with Crippen LogP contribution in [-0.4, -0.2) is 39.4 Å². The van der Waals surface area contributed by atoms with Gasteiger partial charge in [0.2, 0.25) is 0 Å². The molecule has 0 aromatic carbocycles. The monoisotopic (exact) mass is 278 g/mol. The maximum Gasteiger partial charge on any atom is 0.0597 e. The highest BCUT2D eigenvalue weighted by atomic mass is 15.3. The number of aryl methyl sites for hydroxylation is 2. The average Bonchev–Trinajstić information content (AvgIpc) is 2.71. The van der Waals surface area contributed by atoms with Gasteiger partial charge in [0.1, 0.15) is 0 Å². The third-order valence-electron chi connectivity index (χ3n) is 4.70. The molecule has 2 heterocycles. The zero-order chi connectivity index (χ0) is 14.8. The second kappa shape index (κ2) is 6.27. The predicted octanol–water partition coefficient (Wildman–Crippen LogP) is 2.47. The zero-order valence-corrected chi connectivity index (χ0v) is 13.7. The van der Waals surface area contributed by atoms with E-state index in [1.165, 1.54) is 25.0 Å². The first-order chi connectivity index (χ1) is 9.47. The zero-order valence-electron chi connectivity index (χ0n) is 13.7. The summed E-state index contributed by atoms with van der Waals surface area (Å²) in [5, 5.41) is 8.23. The Labute approximate surface area is 123 Å². The normalized spacial score (nSPS) is 27.9. The third kappa shape index (κ3) is 3.41. The van der Waals surface area contributed by atoms with E-state index in [1.807, 2.05) is 4.68 Å². The predicted molar refractivity (Wildman–Crippen MR) is 83.7 cm³/mol. The lowest BCUT2D eigenvalue weighted by Crippen LogP contribution is -2.62. The summed E-state index contributed by atoms with van der Waals surface area (Å²) in [5.74, 6) is 0. The Morgan fingerprint density at radius 3 is 2.75 bits per heavy atom. The van der Waals surface area contributed by atoms with Crippen molar-refractivity contribution in [1.29, 1.82) is 0 Å². The van der Waals surface area contributed by atoms with Crippen LogP contribution in [-0.2, 0) is 13.6 Å². The molecule has 0 radical (unpaired) electrons. The third-order valence-corrected chi connectivity index (χ3v) is 4.70. The lowest BCUT2D eigenvalue weighted by atomic mass is 9.92. The van der Waals surface area contributed by atoms with E-state index in [0.29, 0.717) is 6.04 Å². The molecule has 4 heteroatoms. The smallest absolute Gasteiger partial charge is 0.0597 e. The van der Waals surface area contributed by atoms with Gasteiger partial charge in [-0.2, -0.15) is 5.10 Å². The molecule has 2 unspecified atom stereocenters. The van der Waals surface area contributed by atoms with Gasteiger partial charge in [0.25, 0.3) is 0 Å². The van der Waals surface area contributed by atoms with Gasteiger partial charge >= 0.3 is 0 Å². The molecule has 2 atom stereocenters. The highest BCUT2D eigenvalue weighted by Gasteiger charge is 2.34. The molecule has 4 nitrogen and oxygen atoms in total. The highest BCUT2D eigenvalue weighted by Crippen LogP contribution is 2.23. The number of nitrogens with zero attached hydrogens (tertiary/aromatic N) is 3. The van der Waals surface area contributed by atoms with Crippen LogP contribution in [0, 0.1) is 6.92 Å². The standard InChI is InChI=1S/C16H30N4/c1-6-8-14-10-17-16(4,7-2)12-20(14)11-15-9-13(3)18-19(15)5/h9,14,17H,6-8,10-12H2,1-5H3. The van der Waals surface area contributed by atoms with Crippen molar-refractivity contribution in [3.05, 3.63) is 17.5 Å². The molecule has 1 aliphatic rings. The van der Waals surface area contributed by atoms with Gasteiger partial charge < -0.3 is 5.32 Å². The van der Waals surface area contributed by atoms with E-state index in [2.05, 4.69) is 56.1 Å². The van der Waals surface area contributed by atoms with E-state index in [-0.39, 0.29) is 5.54 Å². The molecule has 1 aromatic heterocycles. The molecular formula is C16H30N4. The Morgan fingerprint density at radius 2 is 2.20 bits per heavy atom. The fourth-order valence-electron chi connectivity index (χ4n) is 3.19. The first-order valence-electron chi connectivity index (χ1n) is 7.96. The Hall–Kier alpha value is -0.870. The summed E-state index contributed by atoms with van der Waals surface area (Å²) < 4.78 is 2.03. The minimum Gasteiger partial charge on any atom is -0.309 e. The lowest BCUT2D eigenvalue weighted by Gasteiger charge is -2.46. The lowest BCUT2D eigenvalue weighted by molar-refractivity contribution is 0.0705. The van der Waals surface area contributed by atoms with Crippen molar-refractivity contribution in [2.24, 2.45) is 7.05 Å². The molecule has 0 bridgehead atoms. The largest absolute Gasteiger partial charge is 0.309 e. The van der Waals surface area contributed by atoms with Gasteiger partial charge in [-0.1, -0.05) is 20.3 Å². The van der Waals surface area contributed by atoms with E-state index in [0.717, 1.165) is 25.3 Å². The minimum absolute atomic E-state index is 0.248. The Balaban J connectivity index is 2.12. The average molecular weight is 278 g/mol. The molecule has 0 spiro atoms. The van der Waals surface area contributed by atoms with E-state index < -0.39 is 0 Å². The molecule has 1 fully saturated rings. The summed E-state index contributed by atoms with van der Waals surface area (Å²) in [6.07, 6.45) is 3.69. The topological polar surface area (TPSA) is 33.1 Å². The summed E-state index contributed by atoms with van der Waals surface area (Å²) in [6.45, 7) is 12.2. The maximum absolute atomic E-state index is 4.48. The van der Waals surface area contributed by atoms with Crippen molar-refractivity contribution in [2.45, 2.75) is 65.1 Å². The fraction of sp³-hybridized carbons (Fsp3) is 0.812. The van der Waals surface area contributed by atoms with Crippen molar-refractivity contribution in [3.63, 3.8) is 0 Å². The first kappa shape index (κ1) is 15.5. The van der Waals surface area contributed by atoms with Crippen LogP contribution in [0.1, 0.15) is 51.4 Å². The van der Waals surface area contributed by atoms with Gasteiger partial charge in [0.05, 0.1) is 11.4 Å². The number of hydrogen-bond acceptors (Lipinski definition) is 3. The SMILES string of the molecule is CCCC1CNC(C)(CC)CN1Cc1cc(C)nn1C. The van der Waals surface area contributed by atoms with Crippen LogP contribution >= 0.6 is 0 Å². The van der Waals surface area contributed by atoms with Crippen LogP contribution < -0.4 is 5.32 Å². The van der Waals surface area contributed by atoms with Gasteiger partial charge in [0, 0.05) is 38.3 Å².